The summed E-state index contributed by atoms with van der Waals surface area (Å²) < 4.78 is 1.79. The van der Waals surface area contributed by atoms with Crippen LogP contribution in [0.1, 0.15) is 38.8 Å². The van der Waals surface area contributed by atoms with Crippen LogP contribution in [0.15, 0.2) is 42.7 Å². The Labute approximate surface area is 142 Å². The van der Waals surface area contributed by atoms with Crippen molar-refractivity contribution in [2.45, 2.75) is 33.2 Å². The summed E-state index contributed by atoms with van der Waals surface area (Å²) in [6.07, 6.45) is 4.27. The summed E-state index contributed by atoms with van der Waals surface area (Å²) in [5, 5.41) is 19.0. The van der Waals surface area contributed by atoms with Gasteiger partial charge in [0.2, 0.25) is 0 Å². The number of amides is 2. The molecular weight excluding hydrogens is 304 g/mol. The Bertz CT molecular complexity index is 636. The predicted octanol–water partition coefficient (Wildman–Crippen LogP) is 2.64. The van der Waals surface area contributed by atoms with E-state index in [4.69, 9.17) is 5.11 Å². The molecule has 1 unspecified atom stereocenters. The number of nitrogens with zero attached hydrogens (tertiary/aromatic N) is 2. The van der Waals surface area contributed by atoms with Gasteiger partial charge in [0.05, 0.1) is 11.7 Å². The number of benzene rings is 1. The molecule has 0 fully saturated rings. The first-order valence-electron chi connectivity index (χ1n) is 8.16. The Morgan fingerprint density at radius 2 is 2.04 bits per heavy atom. The van der Waals surface area contributed by atoms with Crippen molar-refractivity contribution in [2.24, 2.45) is 5.41 Å². The third-order valence-electron chi connectivity index (χ3n) is 4.03. The molecule has 130 valence electrons. The van der Waals surface area contributed by atoms with Crippen LogP contribution in [0.5, 0.6) is 0 Å². The standard InChI is InChI=1S/C18H26N4O2/c1-14(21-17(24)19-13-18(2,3)9-12-23)15-5-7-16(8-6-15)22-11-4-10-20-22/h4-8,10-11,14,23H,9,12-13H2,1-3H3,(H2,19,21,24). The van der Waals surface area contributed by atoms with Crippen molar-refractivity contribution in [1.29, 1.82) is 0 Å². The van der Waals surface area contributed by atoms with E-state index in [0.717, 1.165) is 11.3 Å². The Balaban J connectivity index is 1.87. The minimum atomic E-state index is -0.204. The van der Waals surface area contributed by atoms with Gasteiger partial charge in [0, 0.05) is 25.5 Å². The van der Waals surface area contributed by atoms with Crippen LogP contribution in [0.2, 0.25) is 0 Å². The molecule has 0 saturated heterocycles. The first kappa shape index (κ1) is 18.0. The van der Waals surface area contributed by atoms with Crippen LogP contribution >= 0.6 is 0 Å². The maximum Gasteiger partial charge on any atom is 0.315 e. The summed E-state index contributed by atoms with van der Waals surface area (Å²) in [5.74, 6) is 0. The first-order chi connectivity index (χ1) is 11.4. The van der Waals surface area contributed by atoms with Crippen LogP contribution < -0.4 is 10.6 Å². The van der Waals surface area contributed by atoms with E-state index in [9.17, 15) is 4.79 Å². The van der Waals surface area contributed by atoms with Gasteiger partial charge in [-0.1, -0.05) is 26.0 Å². The highest BCUT2D eigenvalue weighted by Gasteiger charge is 2.18. The number of carbonyl (C=O) groups excluding carboxylic acids is 1. The second-order valence-corrected chi connectivity index (χ2v) is 6.73. The lowest BCUT2D eigenvalue weighted by Gasteiger charge is -2.24. The molecule has 2 rings (SSSR count). The fourth-order valence-electron chi connectivity index (χ4n) is 2.38. The van der Waals surface area contributed by atoms with Gasteiger partial charge in [-0.15, -0.1) is 0 Å². The number of nitrogens with one attached hydrogen (secondary N) is 2. The van der Waals surface area contributed by atoms with Crippen molar-refractivity contribution in [3.05, 3.63) is 48.3 Å². The van der Waals surface area contributed by atoms with Crippen molar-refractivity contribution in [2.75, 3.05) is 13.2 Å². The number of carbonyl (C=O) groups is 1. The minimum Gasteiger partial charge on any atom is -0.396 e. The monoisotopic (exact) mass is 330 g/mol. The molecule has 1 heterocycles. The summed E-state index contributed by atoms with van der Waals surface area (Å²) >= 11 is 0. The fourth-order valence-corrected chi connectivity index (χ4v) is 2.38. The molecule has 24 heavy (non-hydrogen) atoms. The molecule has 0 aliphatic rings. The molecule has 0 radical (unpaired) electrons. The van der Waals surface area contributed by atoms with Crippen LogP contribution in [0, 0.1) is 5.41 Å². The van der Waals surface area contributed by atoms with Crippen LogP contribution in [0.4, 0.5) is 4.79 Å². The maximum atomic E-state index is 12.0. The molecule has 6 nitrogen and oxygen atoms in total. The van der Waals surface area contributed by atoms with E-state index < -0.39 is 0 Å². The number of aromatic nitrogens is 2. The summed E-state index contributed by atoms with van der Waals surface area (Å²) in [5.41, 5.74) is 1.88. The van der Waals surface area contributed by atoms with E-state index in [1.807, 2.05) is 57.3 Å². The van der Waals surface area contributed by atoms with Gasteiger partial charge in [-0.25, -0.2) is 9.48 Å². The smallest absolute Gasteiger partial charge is 0.315 e. The highest BCUT2D eigenvalue weighted by Crippen LogP contribution is 2.18. The largest absolute Gasteiger partial charge is 0.396 e. The third-order valence-corrected chi connectivity index (χ3v) is 4.03. The Kier molecular flexibility index (Phi) is 5.98. The Morgan fingerprint density at radius 1 is 1.33 bits per heavy atom. The van der Waals surface area contributed by atoms with Gasteiger partial charge in [0.15, 0.2) is 0 Å². The average Bonchev–Trinajstić information content (AvgIpc) is 3.07. The van der Waals surface area contributed by atoms with Gasteiger partial charge in [-0.2, -0.15) is 5.10 Å². The highest BCUT2D eigenvalue weighted by atomic mass is 16.3. The van der Waals surface area contributed by atoms with E-state index in [0.29, 0.717) is 13.0 Å². The van der Waals surface area contributed by atoms with Gasteiger partial charge in [-0.3, -0.25) is 0 Å². The average molecular weight is 330 g/mol. The van der Waals surface area contributed by atoms with Crippen LogP contribution in [-0.4, -0.2) is 34.1 Å². The van der Waals surface area contributed by atoms with Crippen LogP contribution in [-0.2, 0) is 0 Å². The molecule has 0 aliphatic carbocycles. The normalized spacial score (nSPS) is 12.7. The molecule has 0 aliphatic heterocycles. The first-order valence-corrected chi connectivity index (χ1v) is 8.16. The van der Waals surface area contributed by atoms with E-state index in [1.165, 1.54) is 0 Å². The molecular formula is C18H26N4O2. The number of hydrogen-bond donors (Lipinski definition) is 3. The van der Waals surface area contributed by atoms with Gasteiger partial charge < -0.3 is 15.7 Å². The summed E-state index contributed by atoms with van der Waals surface area (Å²) in [4.78, 5) is 12.0. The Morgan fingerprint density at radius 3 is 2.62 bits per heavy atom. The number of urea groups is 1. The predicted molar refractivity (Wildman–Crippen MR) is 94.0 cm³/mol. The molecule has 1 atom stereocenters. The SMILES string of the molecule is CC(NC(=O)NCC(C)(C)CCO)c1ccc(-n2cccn2)cc1. The third kappa shape index (κ3) is 5.09. The van der Waals surface area contributed by atoms with Crippen molar-refractivity contribution in [3.8, 4) is 5.69 Å². The minimum absolute atomic E-state index is 0.0994. The molecule has 1 aromatic heterocycles. The number of aliphatic hydroxyl groups is 1. The molecule has 6 heteroatoms. The molecule has 2 aromatic rings. The molecule has 2 amide bonds. The van der Waals surface area contributed by atoms with Crippen molar-refractivity contribution >= 4 is 6.03 Å². The van der Waals surface area contributed by atoms with Gasteiger partial charge in [0.1, 0.15) is 0 Å². The summed E-state index contributed by atoms with van der Waals surface area (Å²) in [6.45, 7) is 6.61. The van der Waals surface area contributed by atoms with Crippen molar-refractivity contribution < 1.29 is 9.90 Å². The zero-order valence-corrected chi connectivity index (χ0v) is 14.5. The molecule has 0 spiro atoms. The lowest BCUT2D eigenvalue weighted by molar-refractivity contribution is 0.200. The Hall–Kier alpha value is -2.34. The van der Waals surface area contributed by atoms with E-state index in [-0.39, 0.29) is 24.1 Å². The zero-order valence-electron chi connectivity index (χ0n) is 14.5. The second kappa shape index (κ2) is 7.97. The maximum absolute atomic E-state index is 12.0. The molecule has 0 bridgehead atoms. The molecule has 1 aromatic carbocycles. The lowest BCUT2D eigenvalue weighted by atomic mass is 9.90. The summed E-state index contributed by atoms with van der Waals surface area (Å²) in [6, 6.07) is 9.49. The highest BCUT2D eigenvalue weighted by molar-refractivity contribution is 5.74. The van der Waals surface area contributed by atoms with E-state index in [2.05, 4.69) is 15.7 Å². The zero-order chi connectivity index (χ0) is 17.6. The fraction of sp³-hybridized carbons (Fsp3) is 0.444. The van der Waals surface area contributed by atoms with E-state index in [1.54, 1.807) is 10.9 Å². The number of aliphatic hydroxyl groups excluding tert-OH is 1. The van der Waals surface area contributed by atoms with Crippen molar-refractivity contribution in [1.82, 2.24) is 20.4 Å². The van der Waals surface area contributed by atoms with Gasteiger partial charge in [0.25, 0.3) is 0 Å². The quantitative estimate of drug-likeness (QED) is 0.730. The second-order valence-electron chi connectivity index (χ2n) is 6.73. The number of rotatable bonds is 7. The van der Waals surface area contributed by atoms with Crippen LogP contribution in [0.3, 0.4) is 0 Å². The molecule has 0 saturated carbocycles. The number of hydrogen-bond acceptors (Lipinski definition) is 3. The van der Waals surface area contributed by atoms with E-state index >= 15 is 0 Å². The van der Waals surface area contributed by atoms with Crippen LogP contribution in [0.25, 0.3) is 5.69 Å². The van der Waals surface area contributed by atoms with Gasteiger partial charge in [-0.05, 0) is 42.5 Å². The summed E-state index contributed by atoms with van der Waals surface area (Å²) in [7, 11) is 0. The van der Waals surface area contributed by atoms with Gasteiger partial charge >= 0.3 is 6.03 Å². The topological polar surface area (TPSA) is 79.2 Å². The molecule has 3 N–H and O–H groups in total. The lowest BCUT2D eigenvalue weighted by Crippen LogP contribution is -2.41. The van der Waals surface area contributed by atoms with Crippen molar-refractivity contribution in [3.63, 3.8) is 0 Å².